The van der Waals surface area contributed by atoms with Gasteiger partial charge in [-0.1, -0.05) is 17.8 Å². The van der Waals surface area contributed by atoms with Crippen LogP contribution in [-0.4, -0.2) is 46.2 Å². The van der Waals surface area contributed by atoms with Gasteiger partial charge in [0.25, 0.3) is 0 Å². The number of carbonyl (C=O) groups is 1. The van der Waals surface area contributed by atoms with E-state index in [0.29, 0.717) is 58.1 Å². The fourth-order valence-electron chi connectivity index (χ4n) is 5.80. The topological polar surface area (TPSA) is 131 Å². The maximum absolute atomic E-state index is 12.9. The van der Waals surface area contributed by atoms with E-state index in [9.17, 15) is 19.8 Å². The molecule has 2 aromatic heterocycles. The fraction of sp³-hybridized carbons (Fsp3) is 0.481. The standard InChI is InChI=1S/C27H31NO8S/c1-34-19-9-18(10-20(12-19)35-14-25(30)31)22-11-17(3-2-6-29)23(36-22)13-24-26(32)28(27(33)37-24)21-8-15-4-5-16(21)7-15/h9-12,15-16,21,29,32H,2-8,13-14H2,1H3,(H,30,31). The molecule has 0 amide bonds. The van der Waals surface area contributed by atoms with Crippen LogP contribution >= 0.6 is 11.3 Å². The Morgan fingerprint density at radius 1 is 1.19 bits per heavy atom. The van der Waals surface area contributed by atoms with Crippen LogP contribution in [0, 0.1) is 11.8 Å². The van der Waals surface area contributed by atoms with E-state index in [1.54, 1.807) is 22.8 Å². The first-order chi connectivity index (χ1) is 17.9. The smallest absolute Gasteiger partial charge is 0.341 e. The number of aromatic hydroxyl groups is 1. The number of aromatic nitrogens is 1. The molecule has 3 N–H and O–H groups in total. The van der Waals surface area contributed by atoms with Crippen molar-refractivity contribution in [1.29, 1.82) is 0 Å². The van der Waals surface area contributed by atoms with Crippen LogP contribution in [0.1, 0.15) is 54.3 Å². The van der Waals surface area contributed by atoms with Crippen LogP contribution in [-0.2, 0) is 17.6 Å². The Kier molecular flexibility index (Phi) is 7.30. The Morgan fingerprint density at radius 3 is 2.68 bits per heavy atom. The molecule has 198 valence electrons. The summed E-state index contributed by atoms with van der Waals surface area (Å²) in [4.78, 5) is 24.3. The summed E-state index contributed by atoms with van der Waals surface area (Å²) in [6.07, 6.45) is 5.75. The van der Waals surface area contributed by atoms with E-state index in [4.69, 9.17) is 19.0 Å². The molecular weight excluding hydrogens is 498 g/mol. The first-order valence-electron chi connectivity index (χ1n) is 12.6. The molecule has 0 saturated heterocycles. The fourth-order valence-corrected chi connectivity index (χ4v) is 6.73. The van der Waals surface area contributed by atoms with Crippen LogP contribution in [0.4, 0.5) is 0 Å². The van der Waals surface area contributed by atoms with Crippen LogP contribution in [0.15, 0.2) is 33.5 Å². The number of carboxylic acid groups (broad SMARTS) is 1. The van der Waals surface area contributed by atoms with Crippen molar-refractivity contribution in [3.8, 4) is 28.7 Å². The zero-order valence-corrected chi connectivity index (χ0v) is 21.5. The molecular formula is C27H31NO8S. The highest BCUT2D eigenvalue weighted by atomic mass is 32.1. The van der Waals surface area contributed by atoms with Crippen molar-refractivity contribution in [2.45, 2.75) is 51.0 Å². The van der Waals surface area contributed by atoms with E-state index in [-0.39, 0.29) is 29.8 Å². The molecule has 37 heavy (non-hydrogen) atoms. The number of aliphatic hydroxyl groups excluding tert-OH is 1. The molecule has 2 aliphatic rings. The van der Waals surface area contributed by atoms with Crippen molar-refractivity contribution in [1.82, 2.24) is 4.57 Å². The maximum Gasteiger partial charge on any atom is 0.341 e. The number of aryl methyl sites for hydroxylation is 1. The van der Waals surface area contributed by atoms with Gasteiger partial charge in [0.2, 0.25) is 5.88 Å². The third kappa shape index (κ3) is 5.26. The lowest BCUT2D eigenvalue weighted by Gasteiger charge is -2.22. The largest absolute Gasteiger partial charge is 0.497 e. The average molecular weight is 530 g/mol. The molecule has 2 fully saturated rings. The van der Waals surface area contributed by atoms with Crippen molar-refractivity contribution >= 4 is 17.3 Å². The molecule has 2 heterocycles. The number of fused-ring (bicyclic) bond motifs is 2. The SMILES string of the molecule is COc1cc(OCC(=O)O)cc(-c2cc(CCCO)c(Cc3sc(=O)n(C4CC5CCC4C5)c3O)o2)c1. The summed E-state index contributed by atoms with van der Waals surface area (Å²) >= 11 is 1.06. The van der Waals surface area contributed by atoms with Crippen LogP contribution in [0.3, 0.4) is 0 Å². The molecule has 3 atom stereocenters. The van der Waals surface area contributed by atoms with Gasteiger partial charge >= 0.3 is 10.8 Å². The predicted octanol–water partition coefficient (Wildman–Crippen LogP) is 4.22. The summed E-state index contributed by atoms with van der Waals surface area (Å²) in [6.45, 7) is -0.471. The second kappa shape index (κ2) is 10.6. The first kappa shape index (κ1) is 25.4. The Balaban J connectivity index is 1.46. The molecule has 2 bridgehead atoms. The summed E-state index contributed by atoms with van der Waals surface area (Å²) < 4.78 is 18.5. The Morgan fingerprint density at radius 2 is 2.00 bits per heavy atom. The summed E-state index contributed by atoms with van der Waals surface area (Å²) in [7, 11) is 1.51. The first-order valence-corrected chi connectivity index (χ1v) is 13.4. The van der Waals surface area contributed by atoms with Gasteiger partial charge in [0, 0.05) is 30.7 Å². The maximum atomic E-state index is 12.9. The van der Waals surface area contributed by atoms with Crippen molar-refractivity contribution in [3.63, 3.8) is 0 Å². The lowest BCUT2D eigenvalue weighted by atomic mass is 9.95. The molecule has 9 nitrogen and oxygen atoms in total. The van der Waals surface area contributed by atoms with Crippen molar-refractivity contribution in [2.75, 3.05) is 20.3 Å². The molecule has 2 saturated carbocycles. The van der Waals surface area contributed by atoms with E-state index in [1.807, 2.05) is 6.07 Å². The number of hydrogen-bond donors (Lipinski definition) is 3. The zero-order valence-electron chi connectivity index (χ0n) is 20.6. The molecule has 2 aliphatic carbocycles. The lowest BCUT2D eigenvalue weighted by molar-refractivity contribution is -0.139. The van der Waals surface area contributed by atoms with E-state index >= 15 is 0 Å². The summed E-state index contributed by atoms with van der Waals surface area (Å²) in [5.74, 6) is 1.97. The lowest BCUT2D eigenvalue weighted by Crippen LogP contribution is -2.23. The van der Waals surface area contributed by atoms with Gasteiger partial charge in [-0.25, -0.2) is 4.79 Å². The highest BCUT2D eigenvalue weighted by Gasteiger charge is 2.42. The summed E-state index contributed by atoms with van der Waals surface area (Å²) in [5, 5.41) is 29.4. The van der Waals surface area contributed by atoms with Gasteiger partial charge in [-0.15, -0.1) is 0 Å². The number of hydrogen-bond acceptors (Lipinski definition) is 8. The van der Waals surface area contributed by atoms with E-state index in [2.05, 4.69) is 0 Å². The number of thiazole rings is 1. The minimum atomic E-state index is -1.09. The number of aliphatic hydroxyl groups is 1. The van der Waals surface area contributed by atoms with Crippen LogP contribution in [0.2, 0.25) is 0 Å². The third-order valence-corrected chi connectivity index (χ3v) is 8.45. The highest BCUT2D eigenvalue weighted by Crippen LogP contribution is 2.51. The molecule has 3 aromatic rings. The van der Waals surface area contributed by atoms with Gasteiger partial charge in [-0.3, -0.25) is 9.36 Å². The Labute approximate surface area is 217 Å². The number of rotatable bonds is 11. The number of aliphatic carboxylic acids is 1. The summed E-state index contributed by atoms with van der Waals surface area (Å²) in [6, 6.07) is 6.96. The molecule has 10 heteroatoms. The van der Waals surface area contributed by atoms with Gasteiger partial charge in [-0.05, 0) is 67.7 Å². The highest BCUT2D eigenvalue weighted by molar-refractivity contribution is 7.09. The zero-order chi connectivity index (χ0) is 26.1. The number of methoxy groups -OCH3 is 1. The summed E-state index contributed by atoms with van der Waals surface area (Å²) in [5.41, 5.74) is 1.50. The number of benzene rings is 1. The number of carboxylic acids is 1. The number of nitrogens with zero attached hydrogens (tertiary/aromatic N) is 1. The number of furan rings is 1. The van der Waals surface area contributed by atoms with Crippen molar-refractivity contribution in [3.05, 3.63) is 50.1 Å². The monoisotopic (exact) mass is 529 g/mol. The molecule has 0 aliphatic heterocycles. The minimum Gasteiger partial charge on any atom is -0.497 e. The Bertz CT molecular complexity index is 1340. The molecule has 5 rings (SSSR count). The molecule has 1 aromatic carbocycles. The minimum absolute atomic E-state index is 0.0193. The van der Waals surface area contributed by atoms with E-state index < -0.39 is 12.6 Å². The number of ether oxygens (including phenoxy) is 2. The van der Waals surface area contributed by atoms with Gasteiger partial charge in [0.1, 0.15) is 23.0 Å². The quantitative estimate of drug-likeness (QED) is 0.336. The second-order valence-electron chi connectivity index (χ2n) is 9.87. The van der Waals surface area contributed by atoms with Gasteiger partial charge in [0.05, 0.1) is 12.0 Å². The van der Waals surface area contributed by atoms with Crippen molar-refractivity contribution in [2.24, 2.45) is 11.8 Å². The van der Waals surface area contributed by atoms with Gasteiger partial charge in [0.15, 0.2) is 6.61 Å². The Hall–Kier alpha value is -3.24. The average Bonchev–Trinajstić information content (AvgIpc) is 3.66. The molecule has 0 radical (unpaired) electrons. The van der Waals surface area contributed by atoms with Crippen LogP contribution in [0.5, 0.6) is 17.4 Å². The predicted molar refractivity (Wildman–Crippen MR) is 137 cm³/mol. The molecule has 3 unspecified atom stereocenters. The van der Waals surface area contributed by atoms with E-state index in [0.717, 1.165) is 36.2 Å². The van der Waals surface area contributed by atoms with E-state index in [1.165, 1.54) is 13.5 Å². The molecule has 0 spiro atoms. The van der Waals surface area contributed by atoms with Crippen molar-refractivity contribution < 1.29 is 34.0 Å². The second-order valence-corrected chi connectivity index (χ2v) is 10.9. The third-order valence-electron chi connectivity index (χ3n) is 7.50. The normalized spacial score (nSPS) is 20.4. The van der Waals surface area contributed by atoms with Gasteiger partial charge < -0.3 is 29.2 Å². The van der Waals surface area contributed by atoms with Gasteiger partial charge in [-0.2, -0.15) is 0 Å². The van der Waals surface area contributed by atoms with Crippen LogP contribution < -0.4 is 14.3 Å². The van der Waals surface area contributed by atoms with Crippen LogP contribution in [0.25, 0.3) is 11.3 Å².